The van der Waals surface area contributed by atoms with Gasteiger partial charge in [-0.15, -0.1) is 5.10 Å². The topological polar surface area (TPSA) is 81.0 Å². The molecule has 0 radical (unpaired) electrons. The van der Waals surface area contributed by atoms with Crippen LogP contribution in [0.1, 0.15) is 39.2 Å². The van der Waals surface area contributed by atoms with Gasteiger partial charge in [0, 0.05) is 18.3 Å². The van der Waals surface area contributed by atoms with Crippen molar-refractivity contribution in [1.82, 2.24) is 19.5 Å². The van der Waals surface area contributed by atoms with E-state index in [1.54, 1.807) is 23.1 Å². The zero-order chi connectivity index (χ0) is 24.5. The summed E-state index contributed by atoms with van der Waals surface area (Å²) in [7, 11) is 0. The van der Waals surface area contributed by atoms with E-state index < -0.39 is 17.3 Å². The summed E-state index contributed by atoms with van der Waals surface area (Å²) in [6.45, 7) is 6.46. The number of halogens is 3. The van der Waals surface area contributed by atoms with Crippen LogP contribution in [0.25, 0.3) is 5.65 Å². The highest BCUT2D eigenvalue weighted by atomic mass is 19.4. The Labute approximate surface area is 194 Å². The number of rotatable bonds is 4. The molecule has 1 atom stereocenters. The minimum Gasteiger partial charge on any atom is -0.472 e. The minimum absolute atomic E-state index is 0.217. The number of carbonyl (C=O) groups excluding carboxylic acids is 1. The first kappa shape index (κ1) is 23.7. The Kier molecular flexibility index (Phi) is 6.28. The number of carbonyl (C=O) groups is 1. The summed E-state index contributed by atoms with van der Waals surface area (Å²) in [5, 5.41) is 7.30. The summed E-state index contributed by atoms with van der Waals surface area (Å²) in [4.78, 5) is 18.4. The number of ether oxygens (including phenoxy) is 2. The van der Waals surface area contributed by atoms with Crippen molar-refractivity contribution in [2.24, 2.45) is 0 Å². The molecule has 1 amide bonds. The molecule has 2 aromatic heterocycles. The number of anilines is 2. The molecule has 0 spiro atoms. The monoisotopic (exact) mass is 477 g/mol. The Balaban J connectivity index is 1.46. The van der Waals surface area contributed by atoms with Gasteiger partial charge in [-0.25, -0.2) is 4.79 Å². The second kappa shape index (κ2) is 9.03. The summed E-state index contributed by atoms with van der Waals surface area (Å²) in [6.07, 6.45) is -3.48. The van der Waals surface area contributed by atoms with Crippen LogP contribution in [-0.2, 0) is 10.9 Å². The molecule has 4 rings (SSSR count). The molecular formula is C23H26F3N5O3. The highest BCUT2D eigenvalue weighted by Crippen LogP contribution is 2.30. The number of nitrogens with one attached hydrogen (secondary N) is 1. The van der Waals surface area contributed by atoms with Gasteiger partial charge in [0.15, 0.2) is 5.65 Å². The fourth-order valence-electron chi connectivity index (χ4n) is 3.59. The van der Waals surface area contributed by atoms with Crippen molar-refractivity contribution in [2.75, 3.05) is 18.4 Å². The van der Waals surface area contributed by atoms with Crippen LogP contribution in [0.5, 0.6) is 5.88 Å². The van der Waals surface area contributed by atoms with Gasteiger partial charge >= 0.3 is 12.3 Å². The molecule has 1 fully saturated rings. The molecule has 1 aliphatic heterocycles. The Morgan fingerprint density at radius 2 is 1.85 bits per heavy atom. The van der Waals surface area contributed by atoms with Crippen molar-refractivity contribution >= 4 is 23.4 Å². The van der Waals surface area contributed by atoms with Crippen LogP contribution in [-0.4, -0.2) is 50.4 Å². The fraction of sp³-hybridized carbons (Fsp3) is 0.435. The quantitative estimate of drug-likeness (QED) is 0.552. The van der Waals surface area contributed by atoms with Crippen molar-refractivity contribution in [3.63, 3.8) is 0 Å². The van der Waals surface area contributed by atoms with Crippen LogP contribution in [0.3, 0.4) is 0 Å². The normalized spacial score (nSPS) is 17.0. The number of aromatic nitrogens is 3. The predicted molar refractivity (Wildman–Crippen MR) is 119 cm³/mol. The van der Waals surface area contributed by atoms with E-state index >= 15 is 0 Å². The Bertz CT molecular complexity index is 1160. The predicted octanol–water partition coefficient (Wildman–Crippen LogP) is 5.27. The van der Waals surface area contributed by atoms with Gasteiger partial charge in [-0.05, 0) is 63.9 Å². The van der Waals surface area contributed by atoms with Crippen LogP contribution < -0.4 is 10.1 Å². The molecule has 34 heavy (non-hydrogen) atoms. The zero-order valence-electron chi connectivity index (χ0n) is 19.1. The highest BCUT2D eigenvalue weighted by Gasteiger charge is 2.30. The number of alkyl halides is 3. The first-order valence-electron chi connectivity index (χ1n) is 10.9. The van der Waals surface area contributed by atoms with E-state index in [-0.39, 0.29) is 18.1 Å². The van der Waals surface area contributed by atoms with E-state index in [0.717, 1.165) is 25.0 Å². The van der Waals surface area contributed by atoms with E-state index in [0.29, 0.717) is 30.3 Å². The zero-order valence-corrected chi connectivity index (χ0v) is 19.1. The SMILES string of the molecule is CC(C)(C)OC(=O)N1CCC[C@H](Oc2cccc3nc(Nc4ccc(C(F)(F)F)cc4)nn23)C1. The lowest BCUT2D eigenvalue weighted by Gasteiger charge is -2.34. The average molecular weight is 477 g/mol. The maximum atomic E-state index is 12.8. The third kappa shape index (κ3) is 5.70. The van der Waals surface area contributed by atoms with Crippen LogP contribution in [0, 0.1) is 0 Å². The van der Waals surface area contributed by atoms with E-state index in [1.165, 1.54) is 16.6 Å². The van der Waals surface area contributed by atoms with Gasteiger partial charge in [-0.2, -0.15) is 22.7 Å². The van der Waals surface area contributed by atoms with E-state index in [4.69, 9.17) is 9.47 Å². The van der Waals surface area contributed by atoms with Gasteiger partial charge < -0.3 is 19.7 Å². The van der Waals surface area contributed by atoms with Gasteiger partial charge in [0.1, 0.15) is 11.7 Å². The van der Waals surface area contributed by atoms with Gasteiger partial charge in [0.2, 0.25) is 11.8 Å². The van der Waals surface area contributed by atoms with E-state index in [9.17, 15) is 18.0 Å². The van der Waals surface area contributed by atoms with Crippen molar-refractivity contribution < 1.29 is 27.4 Å². The first-order valence-corrected chi connectivity index (χ1v) is 10.9. The van der Waals surface area contributed by atoms with E-state index in [1.807, 2.05) is 20.8 Å². The number of amides is 1. The molecule has 0 bridgehead atoms. The second-order valence-corrected chi connectivity index (χ2v) is 9.08. The molecule has 0 unspecified atom stereocenters. The number of fused-ring (bicyclic) bond motifs is 1. The number of likely N-dealkylation sites (tertiary alicyclic amines) is 1. The van der Waals surface area contributed by atoms with Gasteiger partial charge in [0.05, 0.1) is 12.1 Å². The van der Waals surface area contributed by atoms with Crippen LogP contribution in [0.4, 0.5) is 29.6 Å². The van der Waals surface area contributed by atoms with Crippen LogP contribution in [0.15, 0.2) is 42.5 Å². The molecule has 1 N–H and O–H groups in total. The summed E-state index contributed by atoms with van der Waals surface area (Å²) >= 11 is 0. The third-order valence-electron chi connectivity index (χ3n) is 5.11. The van der Waals surface area contributed by atoms with Crippen LogP contribution in [0.2, 0.25) is 0 Å². The molecule has 1 aliphatic rings. The minimum atomic E-state index is -4.40. The maximum absolute atomic E-state index is 12.8. The lowest BCUT2D eigenvalue weighted by atomic mass is 10.1. The Hall–Kier alpha value is -3.50. The largest absolute Gasteiger partial charge is 0.472 e. The molecule has 0 aliphatic carbocycles. The lowest BCUT2D eigenvalue weighted by molar-refractivity contribution is -0.137. The molecular weight excluding hydrogens is 451 g/mol. The Morgan fingerprint density at radius 3 is 2.53 bits per heavy atom. The van der Waals surface area contributed by atoms with E-state index in [2.05, 4.69) is 15.4 Å². The van der Waals surface area contributed by atoms with Crippen molar-refractivity contribution in [2.45, 2.75) is 51.5 Å². The number of nitrogens with zero attached hydrogens (tertiary/aromatic N) is 4. The first-order chi connectivity index (χ1) is 16.0. The molecule has 1 saturated heterocycles. The van der Waals surface area contributed by atoms with Gasteiger partial charge in [-0.1, -0.05) is 6.07 Å². The summed E-state index contributed by atoms with van der Waals surface area (Å²) in [5.74, 6) is 0.663. The second-order valence-electron chi connectivity index (χ2n) is 9.08. The molecule has 0 saturated carbocycles. The summed E-state index contributed by atoms with van der Waals surface area (Å²) in [6, 6.07) is 9.88. The standard InChI is InChI=1S/C23H26F3N5O3/c1-22(2,3)34-21(32)30-13-5-6-17(14-30)33-19-8-4-7-18-28-20(29-31(18)19)27-16-11-9-15(10-12-16)23(24,25)26/h4,7-12,17H,5-6,13-14H2,1-3H3,(H,27,29)/t17-/m0/s1. The number of hydrogen-bond acceptors (Lipinski definition) is 6. The van der Waals surface area contributed by atoms with Gasteiger partial charge in [-0.3, -0.25) is 0 Å². The smallest absolute Gasteiger partial charge is 0.416 e. The fourth-order valence-corrected chi connectivity index (χ4v) is 3.59. The third-order valence-corrected chi connectivity index (χ3v) is 5.11. The molecule has 11 heteroatoms. The van der Waals surface area contributed by atoms with Crippen molar-refractivity contribution in [3.8, 4) is 5.88 Å². The number of piperidine rings is 1. The molecule has 8 nitrogen and oxygen atoms in total. The Morgan fingerprint density at radius 1 is 1.12 bits per heavy atom. The number of pyridine rings is 1. The summed E-state index contributed by atoms with van der Waals surface area (Å²) in [5.41, 5.74) is -0.379. The average Bonchev–Trinajstić information content (AvgIpc) is 3.16. The molecule has 1 aromatic carbocycles. The number of hydrogen-bond donors (Lipinski definition) is 1. The van der Waals surface area contributed by atoms with Crippen molar-refractivity contribution in [1.29, 1.82) is 0 Å². The maximum Gasteiger partial charge on any atom is 0.416 e. The van der Waals surface area contributed by atoms with Crippen molar-refractivity contribution in [3.05, 3.63) is 48.0 Å². The molecule has 3 heterocycles. The summed E-state index contributed by atoms with van der Waals surface area (Å²) < 4.78 is 51.5. The van der Waals surface area contributed by atoms with Gasteiger partial charge in [0.25, 0.3) is 0 Å². The highest BCUT2D eigenvalue weighted by molar-refractivity contribution is 5.68. The lowest BCUT2D eigenvalue weighted by Crippen LogP contribution is -2.46. The number of benzene rings is 1. The molecule has 182 valence electrons. The molecule has 3 aromatic rings. The van der Waals surface area contributed by atoms with Crippen LogP contribution >= 0.6 is 0 Å².